The summed E-state index contributed by atoms with van der Waals surface area (Å²) in [5.41, 5.74) is 0. The Morgan fingerprint density at radius 2 is 1.07 bits per heavy atom. The van der Waals surface area contributed by atoms with E-state index >= 15 is 0 Å². The van der Waals surface area contributed by atoms with Crippen molar-refractivity contribution in [3.63, 3.8) is 0 Å². The van der Waals surface area contributed by atoms with Gasteiger partial charge in [0.2, 0.25) is 0 Å². The van der Waals surface area contributed by atoms with E-state index in [9.17, 15) is 48.3 Å². The molecule has 0 saturated carbocycles. The van der Waals surface area contributed by atoms with Crippen molar-refractivity contribution in [1.29, 1.82) is 0 Å². The highest BCUT2D eigenvalue weighted by molar-refractivity contribution is 14.1. The first-order chi connectivity index (χ1) is 12.5. The molecule has 0 heterocycles. The van der Waals surface area contributed by atoms with E-state index in [1.165, 1.54) is 0 Å². The van der Waals surface area contributed by atoms with Crippen LogP contribution in [0.5, 0.6) is 0 Å². The lowest BCUT2D eigenvalue weighted by atomic mass is 9.97. The zero-order valence-corrected chi connectivity index (χ0v) is 16.9. The Balaban J connectivity index is 5.16. The van der Waals surface area contributed by atoms with Gasteiger partial charge in [-0.2, -0.15) is 48.3 Å². The molecule has 0 spiro atoms. The number of hydrogen-bond acceptors (Lipinski definition) is 0. The van der Waals surface area contributed by atoms with Crippen LogP contribution in [0.25, 0.3) is 0 Å². The van der Waals surface area contributed by atoms with Crippen LogP contribution in [0.15, 0.2) is 9.66 Å². The third-order valence-electron chi connectivity index (χ3n) is 3.92. The second-order valence-electron chi connectivity index (χ2n) is 6.31. The molecule has 0 aliphatic rings. The van der Waals surface area contributed by atoms with E-state index in [4.69, 9.17) is 0 Å². The topological polar surface area (TPSA) is 0 Å². The second kappa shape index (κ2) is 10.1. The molecule has 0 aromatic rings. The van der Waals surface area contributed by atoms with Crippen LogP contribution in [0.2, 0.25) is 0 Å². The van der Waals surface area contributed by atoms with Gasteiger partial charge in [0.25, 0.3) is 0 Å². The SMILES string of the molecule is CCCCCCCCCC(I)=CC(F)(F)C(F)(F)C(F)(F)C(F)(F)C(F)(F)F. The molecule has 0 aliphatic carbocycles. The summed E-state index contributed by atoms with van der Waals surface area (Å²) in [6.07, 6.45) is -2.69. The molecule has 0 aliphatic heterocycles. The third-order valence-corrected chi connectivity index (χ3v) is 4.77. The van der Waals surface area contributed by atoms with E-state index < -0.39 is 39.5 Å². The average molecular weight is 548 g/mol. The van der Waals surface area contributed by atoms with Gasteiger partial charge in [0.1, 0.15) is 0 Å². The quantitative estimate of drug-likeness (QED) is 0.130. The highest BCUT2D eigenvalue weighted by Gasteiger charge is 2.86. The number of halogens is 12. The Kier molecular flexibility index (Phi) is 10.0. The van der Waals surface area contributed by atoms with Crippen molar-refractivity contribution >= 4 is 22.6 Å². The zero-order chi connectivity index (χ0) is 22.4. The van der Waals surface area contributed by atoms with Crippen LogP contribution in [0.3, 0.4) is 0 Å². The summed E-state index contributed by atoms with van der Waals surface area (Å²) in [5.74, 6) is -27.6. The number of allylic oxidation sites excluding steroid dienone is 2. The summed E-state index contributed by atoms with van der Waals surface area (Å²) >= 11 is 1.14. The maximum absolute atomic E-state index is 13.6. The molecule has 0 radical (unpaired) electrons. The molecular weight excluding hydrogens is 528 g/mol. The fourth-order valence-corrected chi connectivity index (χ4v) is 2.97. The molecule has 0 atom stereocenters. The van der Waals surface area contributed by atoms with Gasteiger partial charge in [0, 0.05) is 6.08 Å². The molecule has 0 nitrogen and oxygen atoms in total. The smallest absolute Gasteiger partial charge is 0.195 e. The van der Waals surface area contributed by atoms with E-state index in [0.29, 0.717) is 6.42 Å². The van der Waals surface area contributed by atoms with Crippen LogP contribution in [-0.2, 0) is 0 Å². The summed E-state index contributed by atoms with van der Waals surface area (Å²) in [6.45, 7) is 2.00. The van der Waals surface area contributed by atoms with Crippen LogP contribution in [0, 0.1) is 0 Å². The molecule has 168 valence electrons. The summed E-state index contributed by atoms with van der Waals surface area (Å²) in [7, 11) is 0. The van der Waals surface area contributed by atoms with Crippen LogP contribution in [0.1, 0.15) is 58.3 Å². The molecule has 0 unspecified atom stereocenters. The lowest BCUT2D eigenvalue weighted by molar-refractivity contribution is -0.416. The predicted molar refractivity (Wildman–Crippen MR) is 90.6 cm³/mol. The Morgan fingerprint density at radius 1 is 0.643 bits per heavy atom. The second-order valence-corrected chi connectivity index (χ2v) is 7.69. The minimum atomic E-state index is -7.35. The summed E-state index contributed by atoms with van der Waals surface area (Å²) < 4.78 is 141. The highest BCUT2D eigenvalue weighted by Crippen LogP contribution is 2.57. The Bertz CT molecular complexity index is 509. The first-order valence-electron chi connectivity index (χ1n) is 8.41. The molecule has 12 heteroatoms. The summed E-state index contributed by atoms with van der Waals surface area (Å²) in [4.78, 5) is 0. The van der Waals surface area contributed by atoms with Gasteiger partial charge in [-0.3, -0.25) is 0 Å². The maximum Gasteiger partial charge on any atom is 0.460 e. The minimum Gasteiger partial charge on any atom is -0.195 e. The molecule has 0 aromatic heterocycles. The average Bonchev–Trinajstić information content (AvgIpc) is 2.51. The first kappa shape index (κ1) is 27.7. The standard InChI is InChI=1S/C16H20F11I/c1-2-3-4-5-6-7-8-9-11(28)10-12(17,18)13(19,20)14(21,22)15(23,24)16(25,26)27/h10H,2-9H2,1H3. The van der Waals surface area contributed by atoms with Crippen molar-refractivity contribution in [3.8, 4) is 0 Å². The van der Waals surface area contributed by atoms with Gasteiger partial charge >= 0.3 is 29.9 Å². The van der Waals surface area contributed by atoms with Crippen molar-refractivity contribution in [2.45, 2.75) is 88.2 Å². The molecule has 0 saturated heterocycles. The lowest BCUT2D eigenvalue weighted by Crippen LogP contribution is -2.66. The van der Waals surface area contributed by atoms with Gasteiger partial charge in [-0.1, -0.05) is 45.4 Å². The normalized spacial score (nSPS) is 15.2. The van der Waals surface area contributed by atoms with Crippen LogP contribution < -0.4 is 0 Å². The van der Waals surface area contributed by atoms with Gasteiger partial charge in [-0.05, 0) is 39.0 Å². The predicted octanol–water partition coefficient (Wildman–Crippen LogP) is 8.55. The van der Waals surface area contributed by atoms with Crippen molar-refractivity contribution in [2.24, 2.45) is 0 Å². The number of alkyl halides is 11. The fourth-order valence-electron chi connectivity index (χ4n) is 2.19. The summed E-state index contributed by atoms with van der Waals surface area (Å²) in [6, 6.07) is 0. The Labute approximate surface area is 169 Å². The van der Waals surface area contributed by atoms with E-state index in [1.807, 2.05) is 6.92 Å². The molecule has 0 amide bonds. The van der Waals surface area contributed by atoms with Gasteiger partial charge < -0.3 is 0 Å². The van der Waals surface area contributed by atoms with Crippen LogP contribution in [0.4, 0.5) is 48.3 Å². The van der Waals surface area contributed by atoms with Crippen LogP contribution >= 0.6 is 22.6 Å². The zero-order valence-electron chi connectivity index (χ0n) is 14.8. The van der Waals surface area contributed by atoms with Gasteiger partial charge in [-0.25, -0.2) is 0 Å². The van der Waals surface area contributed by atoms with E-state index in [-0.39, 0.29) is 12.8 Å². The number of rotatable bonds is 12. The molecule has 0 fully saturated rings. The first-order valence-corrected chi connectivity index (χ1v) is 9.48. The minimum absolute atomic E-state index is 0.221. The number of unbranched alkanes of at least 4 members (excludes halogenated alkanes) is 6. The van der Waals surface area contributed by atoms with E-state index in [1.54, 1.807) is 0 Å². The van der Waals surface area contributed by atoms with Crippen molar-refractivity contribution in [3.05, 3.63) is 9.66 Å². The largest absolute Gasteiger partial charge is 0.460 e. The van der Waals surface area contributed by atoms with Crippen molar-refractivity contribution < 1.29 is 48.3 Å². The van der Waals surface area contributed by atoms with E-state index in [2.05, 4.69) is 0 Å². The Morgan fingerprint density at radius 3 is 1.50 bits per heavy atom. The number of hydrogen-bond donors (Lipinski definition) is 0. The van der Waals surface area contributed by atoms with Crippen molar-refractivity contribution in [1.82, 2.24) is 0 Å². The monoisotopic (exact) mass is 548 g/mol. The van der Waals surface area contributed by atoms with Gasteiger partial charge in [-0.15, -0.1) is 0 Å². The maximum atomic E-state index is 13.6. The molecule has 0 N–H and O–H groups in total. The lowest BCUT2D eigenvalue weighted by Gasteiger charge is -2.36. The van der Waals surface area contributed by atoms with Crippen molar-refractivity contribution in [2.75, 3.05) is 0 Å². The molecule has 0 bridgehead atoms. The van der Waals surface area contributed by atoms with Gasteiger partial charge in [0.15, 0.2) is 0 Å². The molecule has 0 aromatic carbocycles. The third kappa shape index (κ3) is 6.35. The van der Waals surface area contributed by atoms with E-state index in [0.717, 1.165) is 54.7 Å². The highest BCUT2D eigenvalue weighted by atomic mass is 127. The fraction of sp³-hybridized carbons (Fsp3) is 0.875. The Hall–Kier alpha value is -0.300. The summed E-state index contributed by atoms with van der Waals surface area (Å²) in [5, 5.41) is 0. The molecular formula is C16H20F11I. The molecule has 0 rings (SSSR count). The van der Waals surface area contributed by atoms with Crippen LogP contribution in [-0.4, -0.2) is 29.9 Å². The van der Waals surface area contributed by atoms with Gasteiger partial charge in [0.05, 0.1) is 0 Å². The molecule has 28 heavy (non-hydrogen) atoms.